The number of thioether (sulfide) groups is 1. The molecular formula is C26H34N2OS. The van der Waals surface area contributed by atoms with Crippen molar-refractivity contribution in [3.63, 3.8) is 0 Å². The van der Waals surface area contributed by atoms with Gasteiger partial charge in [-0.3, -0.25) is 9.79 Å². The van der Waals surface area contributed by atoms with E-state index < -0.39 is 0 Å². The molecule has 30 heavy (non-hydrogen) atoms. The molecule has 1 aromatic carbocycles. The number of carbonyl (C=O) groups excluding carboxylic acids is 1. The largest absolute Gasteiger partial charge is 0.311 e. The molecule has 2 atom stereocenters. The average Bonchev–Trinajstić information content (AvgIpc) is 3.07. The number of nitrogens with zero attached hydrogens (tertiary/aromatic N) is 1. The predicted molar refractivity (Wildman–Crippen MR) is 130 cm³/mol. The van der Waals surface area contributed by atoms with Crippen LogP contribution >= 0.6 is 11.8 Å². The third-order valence-corrected chi connectivity index (χ3v) is 7.51. The van der Waals surface area contributed by atoms with E-state index in [1.54, 1.807) is 13.0 Å². The van der Waals surface area contributed by atoms with E-state index in [4.69, 9.17) is 0 Å². The Kier molecular flexibility index (Phi) is 7.90. The number of allylic oxidation sites excluding steroid dienone is 5. The van der Waals surface area contributed by atoms with Crippen LogP contribution in [0.15, 0.2) is 64.5 Å². The van der Waals surface area contributed by atoms with Crippen LogP contribution in [0, 0.1) is 11.3 Å². The molecule has 0 spiro atoms. The maximum absolute atomic E-state index is 12.7. The van der Waals surface area contributed by atoms with E-state index in [9.17, 15) is 4.79 Å². The van der Waals surface area contributed by atoms with Gasteiger partial charge in [0.1, 0.15) is 5.78 Å². The van der Waals surface area contributed by atoms with Gasteiger partial charge in [-0.15, -0.1) is 11.8 Å². The topological polar surface area (TPSA) is 41.5 Å². The SMILES string of the molecule is C=C/C=C\C=N/CCNCc1ccccc1C1SC2=C(CC(C)(C)CC2)C1C(C)=O. The fourth-order valence-corrected chi connectivity index (χ4v) is 6.17. The number of ketones is 1. The van der Waals surface area contributed by atoms with Gasteiger partial charge in [0.05, 0.1) is 12.5 Å². The third-order valence-electron chi connectivity index (χ3n) is 5.97. The Hall–Kier alpha value is -1.91. The molecule has 2 aliphatic rings. The quantitative estimate of drug-likeness (QED) is 0.299. The number of hydrogen-bond donors (Lipinski definition) is 1. The van der Waals surface area contributed by atoms with Crippen molar-refractivity contribution in [2.75, 3.05) is 13.1 Å². The number of aliphatic imine (C=N–C) groups is 1. The van der Waals surface area contributed by atoms with Crippen LogP contribution < -0.4 is 5.32 Å². The van der Waals surface area contributed by atoms with Crippen LogP contribution in [-0.2, 0) is 11.3 Å². The smallest absolute Gasteiger partial charge is 0.138 e. The maximum Gasteiger partial charge on any atom is 0.138 e. The van der Waals surface area contributed by atoms with Gasteiger partial charge in [-0.05, 0) is 59.3 Å². The van der Waals surface area contributed by atoms with Gasteiger partial charge in [0.25, 0.3) is 0 Å². The summed E-state index contributed by atoms with van der Waals surface area (Å²) in [4.78, 5) is 18.6. The van der Waals surface area contributed by atoms with E-state index in [1.807, 2.05) is 30.1 Å². The van der Waals surface area contributed by atoms with Crippen molar-refractivity contribution in [3.8, 4) is 0 Å². The van der Waals surface area contributed by atoms with Crippen molar-refractivity contribution in [3.05, 3.63) is 70.7 Å². The standard InChI is InChI=1S/C26H34N2OS/c1-5-6-9-14-27-15-16-28-18-20-10-7-8-11-21(20)25-24(19(2)29)22-17-26(3,4)13-12-23(22)30-25/h5-11,14,24-25,28H,1,12-13,15-18H2,2-4H3/b9-6-,27-14-. The van der Waals surface area contributed by atoms with E-state index >= 15 is 0 Å². The lowest BCUT2D eigenvalue weighted by Crippen LogP contribution is -2.24. The Morgan fingerprint density at radius 1 is 1.33 bits per heavy atom. The minimum Gasteiger partial charge on any atom is -0.311 e. The summed E-state index contributed by atoms with van der Waals surface area (Å²) in [5.74, 6) is 0.326. The molecule has 3 rings (SSSR count). The lowest BCUT2D eigenvalue weighted by Gasteiger charge is -2.32. The predicted octanol–water partition coefficient (Wildman–Crippen LogP) is 6.05. The lowest BCUT2D eigenvalue weighted by molar-refractivity contribution is -0.119. The molecule has 1 N–H and O–H groups in total. The summed E-state index contributed by atoms with van der Waals surface area (Å²) in [6.07, 6.45) is 10.7. The number of benzene rings is 1. The highest BCUT2D eigenvalue weighted by atomic mass is 32.2. The van der Waals surface area contributed by atoms with Crippen molar-refractivity contribution in [1.29, 1.82) is 0 Å². The van der Waals surface area contributed by atoms with Crippen LogP contribution in [-0.4, -0.2) is 25.1 Å². The van der Waals surface area contributed by atoms with Gasteiger partial charge in [-0.2, -0.15) is 0 Å². The molecule has 4 heteroatoms. The Labute approximate surface area is 185 Å². The highest BCUT2D eigenvalue weighted by molar-refractivity contribution is 8.03. The molecule has 1 aromatic rings. The zero-order valence-corrected chi connectivity index (χ0v) is 19.3. The first-order valence-corrected chi connectivity index (χ1v) is 11.8. The summed E-state index contributed by atoms with van der Waals surface area (Å²) in [7, 11) is 0. The van der Waals surface area contributed by atoms with E-state index in [0.717, 1.165) is 32.5 Å². The van der Waals surface area contributed by atoms with Crippen LogP contribution in [0.25, 0.3) is 0 Å². The van der Waals surface area contributed by atoms with Crippen LogP contribution in [0.2, 0.25) is 0 Å². The van der Waals surface area contributed by atoms with Gasteiger partial charge in [-0.1, -0.05) is 56.8 Å². The van der Waals surface area contributed by atoms with Gasteiger partial charge in [0, 0.05) is 24.6 Å². The molecule has 1 heterocycles. The Balaban J connectivity index is 1.69. The summed E-state index contributed by atoms with van der Waals surface area (Å²) in [5, 5.41) is 3.72. The van der Waals surface area contributed by atoms with Crippen molar-refractivity contribution in [2.45, 2.75) is 51.8 Å². The second-order valence-corrected chi connectivity index (χ2v) is 10.2. The molecular weight excluding hydrogens is 388 g/mol. The summed E-state index contributed by atoms with van der Waals surface area (Å²) >= 11 is 1.95. The summed E-state index contributed by atoms with van der Waals surface area (Å²) in [6, 6.07) is 8.61. The maximum atomic E-state index is 12.7. The van der Waals surface area contributed by atoms with Gasteiger partial charge in [-0.25, -0.2) is 0 Å². The van der Waals surface area contributed by atoms with Crippen LogP contribution in [0.4, 0.5) is 0 Å². The summed E-state index contributed by atoms with van der Waals surface area (Å²) < 4.78 is 0. The van der Waals surface area contributed by atoms with E-state index in [2.05, 4.69) is 55.0 Å². The first-order chi connectivity index (χ1) is 14.4. The zero-order valence-electron chi connectivity index (χ0n) is 18.5. The van der Waals surface area contributed by atoms with E-state index in [0.29, 0.717) is 11.2 Å². The average molecular weight is 423 g/mol. The Bertz CT molecular complexity index is 866. The molecule has 0 radical (unpaired) electrons. The second-order valence-electron chi connectivity index (χ2n) is 8.97. The van der Waals surface area contributed by atoms with Crippen molar-refractivity contribution >= 4 is 23.8 Å². The number of hydrogen-bond acceptors (Lipinski definition) is 4. The minimum atomic E-state index is 0.0203. The first kappa shape index (κ1) is 22.8. The molecule has 0 bridgehead atoms. The van der Waals surface area contributed by atoms with Gasteiger partial charge in [0.15, 0.2) is 0 Å². The van der Waals surface area contributed by atoms with Crippen LogP contribution in [0.1, 0.15) is 56.4 Å². The second kappa shape index (κ2) is 10.4. The number of carbonyl (C=O) groups is 1. The monoisotopic (exact) mass is 422 g/mol. The first-order valence-electron chi connectivity index (χ1n) is 10.9. The third kappa shape index (κ3) is 5.61. The van der Waals surface area contributed by atoms with Crippen molar-refractivity contribution in [2.24, 2.45) is 16.3 Å². The molecule has 0 fully saturated rings. The molecule has 3 nitrogen and oxygen atoms in total. The molecule has 0 saturated carbocycles. The molecule has 160 valence electrons. The number of nitrogens with one attached hydrogen (secondary N) is 1. The molecule has 1 aliphatic carbocycles. The van der Waals surface area contributed by atoms with E-state index in [1.165, 1.54) is 28.0 Å². The highest BCUT2D eigenvalue weighted by Gasteiger charge is 2.43. The zero-order chi connectivity index (χ0) is 21.6. The Morgan fingerprint density at radius 3 is 2.90 bits per heavy atom. The van der Waals surface area contributed by atoms with Gasteiger partial charge < -0.3 is 5.32 Å². The number of Topliss-reactive ketones (excluding diaryl/α,β-unsaturated/α-hetero) is 1. The molecule has 2 unspecified atom stereocenters. The van der Waals surface area contributed by atoms with Crippen molar-refractivity contribution < 1.29 is 4.79 Å². The molecule has 0 aromatic heterocycles. The lowest BCUT2D eigenvalue weighted by atomic mass is 9.72. The minimum absolute atomic E-state index is 0.0203. The summed E-state index contributed by atoms with van der Waals surface area (Å²) in [5.41, 5.74) is 4.30. The fraction of sp³-hybridized carbons (Fsp3) is 0.462. The van der Waals surface area contributed by atoms with E-state index in [-0.39, 0.29) is 11.2 Å². The number of rotatable bonds is 9. The van der Waals surface area contributed by atoms with Gasteiger partial charge in [0.2, 0.25) is 0 Å². The normalized spacial score (nSPS) is 23.3. The molecule has 0 amide bonds. The fourth-order valence-electron chi connectivity index (χ4n) is 4.44. The Morgan fingerprint density at radius 2 is 2.13 bits per heavy atom. The van der Waals surface area contributed by atoms with Crippen molar-refractivity contribution in [1.82, 2.24) is 5.32 Å². The van der Waals surface area contributed by atoms with Crippen LogP contribution in [0.5, 0.6) is 0 Å². The van der Waals surface area contributed by atoms with Crippen LogP contribution in [0.3, 0.4) is 0 Å². The summed E-state index contributed by atoms with van der Waals surface area (Å²) in [6.45, 7) is 12.4. The highest BCUT2D eigenvalue weighted by Crippen LogP contribution is 2.59. The molecule has 1 aliphatic heterocycles. The van der Waals surface area contributed by atoms with Gasteiger partial charge >= 0.3 is 0 Å². The molecule has 0 saturated heterocycles.